The molecule has 5 heteroatoms. The average molecular weight is 267 g/mol. The Hall–Kier alpha value is -0.610. The summed E-state index contributed by atoms with van der Waals surface area (Å²) in [6.07, 6.45) is 0. The molecule has 0 aliphatic rings. The van der Waals surface area contributed by atoms with Gasteiger partial charge in [0, 0.05) is 0 Å². The van der Waals surface area contributed by atoms with Crippen LogP contribution in [0.15, 0.2) is 16.6 Å². The van der Waals surface area contributed by atoms with Crippen molar-refractivity contribution >= 4 is 32.8 Å². The first kappa shape index (κ1) is 10.5. The Morgan fingerprint density at radius 1 is 1.62 bits per heavy atom. The average Bonchev–Trinajstić information content (AvgIpc) is 2.09. The first-order valence-electron chi connectivity index (χ1n) is 3.29. The van der Waals surface area contributed by atoms with Crippen LogP contribution in [0.3, 0.4) is 0 Å². The molecule has 0 spiro atoms. The number of carbonyl (C=O) groups excluding carboxylic acids is 1. The van der Waals surface area contributed by atoms with Gasteiger partial charge in [-0.2, -0.15) is 0 Å². The predicted octanol–water partition coefficient (Wildman–Crippen LogP) is 2.98. The van der Waals surface area contributed by atoms with Gasteiger partial charge in [-0.05, 0) is 39.7 Å². The molecule has 13 heavy (non-hydrogen) atoms. The van der Waals surface area contributed by atoms with Gasteiger partial charge >= 0.3 is 0 Å². The minimum Gasteiger partial charge on any atom is -0.495 e. The molecule has 70 valence electrons. The summed E-state index contributed by atoms with van der Waals surface area (Å²) in [5.74, 6) is -0.390. The molecule has 0 N–H and O–H groups in total. The second-order valence-electron chi connectivity index (χ2n) is 2.22. The molecule has 0 aliphatic carbocycles. The van der Waals surface area contributed by atoms with Crippen LogP contribution in [0.25, 0.3) is 0 Å². The van der Waals surface area contributed by atoms with E-state index in [1.54, 1.807) is 0 Å². The third-order valence-corrected chi connectivity index (χ3v) is 2.42. The van der Waals surface area contributed by atoms with E-state index in [1.807, 2.05) is 0 Å². The molecule has 0 radical (unpaired) electrons. The second-order valence-corrected chi connectivity index (χ2v) is 3.35. The van der Waals surface area contributed by atoms with Crippen molar-refractivity contribution in [2.45, 2.75) is 0 Å². The van der Waals surface area contributed by atoms with E-state index in [9.17, 15) is 9.18 Å². The van der Waals surface area contributed by atoms with Gasteiger partial charge in [0.15, 0.2) is 5.82 Å². The van der Waals surface area contributed by atoms with Gasteiger partial charge in [-0.3, -0.25) is 4.79 Å². The van der Waals surface area contributed by atoms with Crippen LogP contribution in [0.4, 0.5) is 4.39 Å². The van der Waals surface area contributed by atoms with Crippen molar-refractivity contribution in [3.05, 3.63) is 28.0 Å². The van der Waals surface area contributed by atoms with E-state index in [-0.39, 0.29) is 10.0 Å². The lowest BCUT2D eigenvalue weighted by molar-refractivity contribution is 0.107. The van der Waals surface area contributed by atoms with Crippen LogP contribution in [0, 0.1) is 5.82 Å². The van der Waals surface area contributed by atoms with Gasteiger partial charge in [0.2, 0.25) is 0 Å². The number of benzene rings is 1. The standard InChI is InChI=1S/C8H5BrClFO2/c1-13-5-3-2-4(8(10)12)7(11)6(5)9/h2-3H,1H3. The zero-order chi connectivity index (χ0) is 10.0. The zero-order valence-electron chi connectivity index (χ0n) is 6.61. The number of methoxy groups -OCH3 is 1. The Balaban J connectivity index is 3.31. The zero-order valence-corrected chi connectivity index (χ0v) is 8.95. The van der Waals surface area contributed by atoms with E-state index in [1.165, 1.54) is 19.2 Å². The van der Waals surface area contributed by atoms with Crippen LogP contribution in [0.2, 0.25) is 0 Å². The summed E-state index contributed by atoms with van der Waals surface area (Å²) in [4.78, 5) is 10.7. The van der Waals surface area contributed by atoms with Gasteiger partial charge in [0.1, 0.15) is 5.75 Å². The first-order valence-corrected chi connectivity index (χ1v) is 4.47. The molecule has 0 heterocycles. The predicted molar refractivity (Wildman–Crippen MR) is 50.8 cm³/mol. The maximum Gasteiger partial charge on any atom is 0.255 e. The molecule has 0 fully saturated rings. The van der Waals surface area contributed by atoms with Gasteiger partial charge < -0.3 is 4.74 Å². The van der Waals surface area contributed by atoms with Gasteiger partial charge in [-0.15, -0.1) is 0 Å². The van der Waals surface area contributed by atoms with Crippen LogP contribution < -0.4 is 4.74 Å². The van der Waals surface area contributed by atoms with Gasteiger partial charge in [0.05, 0.1) is 17.1 Å². The van der Waals surface area contributed by atoms with E-state index in [0.29, 0.717) is 5.75 Å². The Kier molecular flexibility index (Phi) is 3.27. The summed E-state index contributed by atoms with van der Waals surface area (Å²) >= 11 is 8.08. The molecule has 1 aromatic rings. The van der Waals surface area contributed by atoms with Gasteiger partial charge in [0.25, 0.3) is 5.24 Å². The number of ether oxygens (including phenoxy) is 1. The van der Waals surface area contributed by atoms with Crippen molar-refractivity contribution < 1.29 is 13.9 Å². The van der Waals surface area contributed by atoms with Crippen LogP contribution in [0.5, 0.6) is 5.75 Å². The van der Waals surface area contributed by atoms with Crippen LogP contribution >= 0.6 is 27.5 Å². The Morgan fingerprint density at radius 3 is 2.69 bits per heavy atom. The van der Waals surface area contributed by atoms with Gasteiger partial charge in [-0.1, -0.05) is 0 Å². The fourth-order valence-electron chi connectivity index (χ4n) is 0.841. The van der Waals surface area contributed by atoms with Gasteiger partial charge in [-0.25, -0.2) is 4.39 Å². The van der Waals surface area contributed by atoms with Crippen molar-refractivity contribution in [2.75, 3.05) is 7.11 Å². The monoisotopic (exact) mass is 266 g/mol. The molecule has 1 rings (SSSR count). The highest BCUT2D eigenvalue weighted by Crippen LogP contribution is 2.30. The Labute approximate surface area is 87.8 Å². The second kappa shape index (κ2) is 4.07. The quantitative estimate of drug-likeness (QED) is 0.770. The Morgan fingerprint density at radius 2 is 2.23 bits per heavy atom. The number of hydrogen-bond acceptors (Lipinski definition) is 2. The maximum absolute atomic E-state index is 13.3. The van der Waals surface area contributed by atoms with Crippen LogP contribution in [0.1, 0.15) is 10.4 Å². The molecule has 0 saturated carbocycles. The molecular weight excluding hydrogens is 262 g/mol. The first-order chi connectivity index (χ1) is 6.07. The van der Waals surface area contributed by atoms with Crippen molar-refractivity contribution in [1.29, 1.82) is 0 Å². The fourth-order valence-corrected chi connectivity index (χ4v) is 1.49. The summed E-state index contributed by atoms with van der Waals surface area (Å²) < 4.78 is 18.2. The highest BCUT2D eigenvalue weighted by atomic mass is 79.9. The van der Waals surface area contributed by atoms with Crippen LogP contribution in [-0.2, 0) is 0 Å². The summed E-state index contributed by atoms with van der Waals surface area (Å²) in [6.45, 7) is 0. The SMILES string of the molecule is COc1ccc(C(=O)Cl)c(F)c1Br. The highest BCUT2D eigenvalue weighted by Gasteiger charge is 2.15. The number of hydrogen-bond donors (Lipinski definition) is 0. The van der Waals surface area contributed by atoms with E-state index >= 15 is 0 Å². The van der Waals surface area contributed by atoms with Crippen molar-refractivity contribution in [3.8, 4) is 5.75 Å². The topological polar surface area (TPSA) is 26.3 Å². The molecule has 2 nitrogen and oxygen atoms in total. The molecular formula is C8H5BrClFO2. The largest absolute Gasteiger partial charge is 0.495 e. The third kappa shape index (κ3) is 2.00. The summed E-state index contributed by atoms with van der Waals surface area (Å²) in [5.41, 5.74) is -0.172. The smallest absolute Gasteiger partial charge is 0.255 e. The summed E-state index contributed by atoms with van der Waals surface area (Å²) in [7, 11) is 1.40. The highest BCUT2D eigenvalue weighted by molar-refractivity contribution is 9.10. The third-order valence-electron chi connectivity index (χ3n) is 1.48. The van der Waals surface area contributed by atoms with E-state index < -0.39 is 11.1 Å². The number of halogens is 3. The van der Waals surface area contributed by atoms with Crippen molar-refractivity contribution in [2.24, 2.45) is 0 Å². The summed E-state index contributed by atoms with van der Waals surface area (Å²) in [6, 6.07) is 2.73. The van der Waals surface area contributed by atoms with Crippen molar-refractivity contribution in [3.63, 3.8) is 0 Å². The van der Waals surface area contributed by atoms with E-state index in [4.69, 9.17) is 16.3 Å². The Bertz CT molecular complexity index is 354. The molecule has 0 bridgehead atoms. The van der Waals surface area contributed by atoms with E-state index in [2.05, 4.69) is 15.9 Å². The molecule has 1 aromatic carbocycles. The maximum atomic E-state index is 13.3. The minimum absolute atomic E-state index is 0.0986. The number of rotatable bonds is 2. The van der Waals surface area contributed by atoms with Crippen LogP contribution in [-0.4, -0.2) is 12.4 Å². The molecule has 0 amide bonds. The van der Waals surface area contributed by atoms with Crippen molar-refractivity contribution in [1.82, 2.24) is 0 Å². The summed E-state index contributed by atoms with van der Waals surface area (Å²) in [5, 5.41) is -0.833. The number of carbonyl (C=O) groups is 1. The normalized spacial score (nSPS) is 9.85. The molecule has 0 aliphatic heterocycles. The fraction of sp³-hybridized carbons (Fsp3) is 0.125. The lowest BCUT2D eigenvalue weighted by Gasteiger charge is -2.05. The molecule has 0 unspecified atom stereocenters. The lowest BCUT2D eigenvalue weighted by atomic mass is 10.2. The lowest BCUT2D eigenvalue weighted by Crippen LogP contribution is -1.97. The van der Waals surface area contributed by atoms with E-state index in [0.717, 1.165) is 0 Å². The minimum atomic E-state index is -0.833. The molecule has 0 saturated heterocycles. The molecule has 0 aromatic heterocycles. The molecule has 0 atom stereocenters.